The van der Waals surface area contributed by atoms with Crippen LogP contribution >= 0.6 is 11.6 Å². The van der Waals surface area contributed by atoms with E-state index in [-0.39, 0.29) is 0 Å². The summed E-state index contributed by atoms with van der Waals surface area (Å²) in [7, 11) is 0. The number of rotatable bonds is 5. The molecule has 0 aliphatic heterocycles. The summed E-state index contributed by atoms with van der Waals surface area (Å²) >= 11 is 5.95. The fourth-order valence-electron chi connectivity index (χ4n) is 1.78. The quantitative estimate of drug-likeness (QED) is 0.901. The van der Waals surface area contributed by atoms with Crippen LogP contribution in [0.25, 0.3) is 0 Å². The van der Waals surface area contributed by atoms with Crippen molar-refractivity contribution in [3.63, 3.8) is 0 Å². The summed E-state index contributed by atoms with van der Waals surface area (Å²) in [5.74, 6) is 0.797. The standard InChI is InChI=1S/C12H15ClN4O/c1-8-12(13)6-15-17(8)7-11-4-10(16-18-11)5-14-9-2-3-9/h4,6,9,14H,2-3,5,7H2,1H3. The lowest BCUT2D eigenvalue weighted by molar-refractivity contribution is 0.363. The van der Waals surface area contributed by atoms with Gasteiger partial charge in [-0.3, -0.25) is 4.68 Å². The van der Waals surface area contributed by atoms with Crippen LogP contribution in [0.15, 0.2) is 16.8 Å². The van der Waals surface area contributed by atoms with E-state index in [1.54, 1.807) is 10.9 Å². The first-order valence-corrected chi connectivity index (χ1v) is 6.46. The Labute approximate surface area is 110 Å². The molecule has 1 N–H and O–H groups in total. The van der Waals surface area contributed by atoms with Gasteiger partial charge in [-0.05, 0) is 19.8 Å². The minimum absolute atomic E-state index is 0.564. The molecule has 0 spiro atoms. The van der Waals surface area contributed by atoms with E-state index < -0.39 is 0 Å². The lowest BCUT2D eigenvalue weighted by Crippen LogP contribution is -2.15. The predicted molar refractivity (Wildman–Crippen MR) is 67.4 cm³/mol. The van der Waals surface area contributed by atoms with Crippen LogP contribution in [0.1, 0.15) is 30.0 Å². The molecular formula is C12H15ClN4O. The van der Waals surface area contributed by atoms with Crippen molar-refractivity contribution in [2.45, 2.75) is 38.9 Å². The summed E-state index contributed by atoms with van der Waals surface area (Å²) in [6, 6.07) is 2.64. The highest BCUT2D eigenvalue weighted by Crippen LogP contribution is 2.19. The monoisotopic (exact) mass is 266 g/mol. The van der Waals surface area contributed by atoms with Gasteiger partial charge in [0.1, 0.15) is 6.54 Å². The summed E-state index contributed by atoms with van der Waals surface area (Å²) in [6.45, 7) is 3.27. The van der Waals surface area contributed by atoms with Gasteiger partial charge in [-0.25, -0.2) is 0 Å². The molecule has 0 aromatic carbocycles. The van der Waals surface area contributed by atoms with Gasteiger partial charge in [-0.1, -0.05) is 16.8 Å². The maximum absolute atomic E-state index is 5.95. The van der Waals surface area contributed by atoms with E-state index in [0.717, 1.165) is 23.7 Å². The van der Waals surface area contributed by atoms with E-state index in [9.17, 15) is 0 Å². The van der Waals surface area contributed by atoms with Crippen molar-refractivity contribution in [2.24, 2.45) is 0 Å². The topological polar surface area (TPSA) is 55.9 Å². The van der Waals surface area contributed by atoms with Gasteiger partial charge in [0.05, 0.1) is 22.6 Å². The van der Waals surface area contributed by atoms with Crippen LogP contribution in [0.4, 0.5) is 0 Å². The number of nitrogens with zero attached hydrogens (tertiary/aromatic N) is 3. The number of aromatic nitrogens is 3. The van der Waals surface area contributed by atoms with E-state index in [0.29, 0.717) is 17.6 Å². The first-order valence-electron chi connectivity index (χ1n) is 6.08. The van der Waals surface area contributed by atoms with Gasteiger partial charge in [0, 0.05) is 18.7 Å². The lowest BCUT2D eigenvalue weighted by atomic mass is 10.3. The van der Waals surface area contributed by atoms with Crippen molar-refractivity contribution < 1.29 is 4.52 Å². The van der Waals surface area contributed by atoms with Gasteiger partial charge in [-0.15, -0.1) is 0 Å². The van der Waals surface area contributed by atoms with Gasteiger partial charge >= 0.3 is 0 Å². The molecule has 1 aliphatic carbocycles. The fraction of sp³-hybridized carbons (Fsp3) is 0.500. The maximum atomic E-state index is 5.95. The Kier molecular flexibility index (Phi) is 3.09. The minimum Gasteiger partial charge on any atom is -0.359 e. The second kappa shape index (κ2) is 4.74. The van der Waals surface area contributed by atoms with E-state index in [1.807, 2.05) is 13.0 Å². The van der Waals surface area contributed by atoms with Gasteiger partial charge in [0.15, 0.2) is 5.76 Å². The van der Waals surface area contributed by atoms with Crippen LogP contribution in [-0.2, 0) is 13.1 Å². The molecule has 0 amide bonds. The van der Waals surface area contributed by atoms with E-state index >= 15 is 0 Å². The fourth-order valence-corrected chi connectivity index (χ4v) is 1.92. The molecule has 96 valence electrons. The van der Waals surface area contributed by atoms with Crippen molar-refractivity contribution in [1.82, 2.24) is 20.3 Å². The van der Waals surface area contributed by atoms with Crippen LogP contribution < -0.4 is 5.32 Å². The van der Waals surface area contributed by atoms with Crippen molar-refractivity contribution in [3.05, 3.63) is 34.4 Å². The first-order chi connectivity index (χ1) is 8.72. The van der Waals surface area contributed by atoms with Crippen molar-refractivity contribution in [3.8, 4) is 0 Å². The van der Waals surface area contributed by atoms with Crippen LogP contribution in [0.3, 0.4) is 0 Å². The van der Waals surface area contributed by atoms with Crippen LogP contribution in [0.2, 0.25) is 5.02 Å². The first kappa shape index (κ1) is 11.7. The van der Waals surface area contributed by atoms with E-state index in [1.165, 1.54) is 12.8 Å². The van der Waals surface area contributed by atoms with Crippen molar-refractivity contribution in [2.75, 3.05) is 0 Å². The highest BCUT2D eigenvalue weighted by atomic mass is 35.5. The molecule has 3 rings (SSSR count). The summed E-state index contributed by atoms with van der Waals surface area (Å²) in [4.78, 5) is 0. The molecule has 2 aromatic heterocycles. The molecule has 1 fully saturated rings. The Morgan fingerprint density at radius 3 is 3.06 bits per heavy atom. The average molecular weight is 267 g/mol. The summed E-state index contributed by atoms with van der Waals surface area (Å²) < 4.78 is 7.10. The second-order valence-corrected chi connectivity index (χ2v) is 5.08. The molecule has 1 saturated carbocycles. The van der Waals surface area contributed by atoms with Crippen molar-refractivity contribution in [1.29, 1.82) is 0 Å². The Balaban J connectivity index is 1.63. The lowest BCUT2D eigenvalue weighted by Gasteiger charge is -1.99. The molecule has 0 bridgehead atoms. The van der Waals surface area contributed by atoms with E-state index in [4.69, 9.17) is 16.1 Å². The number of nitrogens with one attached hydrogen (secondary N) is 1. The molecule has 0 radical (unpaired) electrons. The van der Waals surface area contributed by atoms with Gasteiger partial charge in [0.25, 0.3) is 0 Å². The molecule has 18 heavy (non-hydrogen) atoms. The molecule has 0 unspecified atom stereocenters. The molecule has 0 atom stereocenters. The number of hydrogen-bond acceptors (Lipinski definition) is 4. The van der Waals surface area contributed by atoms with Gasteiger partial charge in [-0.2, -0.15) is 5.10 Å². The van der Waals surface area contributed by atoms with Gasteiger partial charge in [0.2, 0.25) is 0 Å². The summed E-state index contributed by atoms with van der Waals surface area (Å²) in [5.41, 5.74) is 1.87. The van der Waals surface area contributed by atoms with Crippen LogP contribution in [-0.4, -0.2) is 21.0 Å². The summed E-state index contributed by atoms with van der Waals surface area (Å²) in [5, 5.41) is 12.3. The molecule has 1 aliphatic rings. The Hall–Kier alpha value is -1.33. The third-order valence-electron chi connectivity index (χ3n) is 3.11. The second-order valence-electron chi connectivity index (χ2n) is 4.68. The van der Waals surface area contributed by atoms with Crippen LogP contribution in [0.5, 0.6) is 0 Å². The number of halogens is 1. The Morgan fingerprint density at radius 2 is 2.39 bits per heavy atom. The zero-order chi connectivity index (χ0) is 12.5. The third-order valence-corrected chi connectivity index (χ3v) is 3.48. The Morgan fingerprint density at radius 1 is 1.56 bits per heavy atom. The van der Waals surface area contributed by atoms with Crippen molar-refractivity contribution >= 4 is 11.6 Å². The predicted octanol–water partition coefficient (Wildman–Crippen LogP) is 2.13. The zero-order valence-corrected chi connectivity index (χ0v) is 10.9. The molecule has 5 nitrogen and oxygen atoms in total. The summed E-state index contributed by atoms with van der Waals surface area (Å²) in [6.07, 6.45) is 4.19. The Bertz CT molecular complexity index is 544. The third kappa shape index (κ3) is 2.57. The average Bonchev–Trinajstić information content (AvgIpc) is 3.02. The zero-order valence-electron chi connectivity index (χ0n) is 10.2. The highest BCUT2D eigenvalue weighted by Gasteiger charge is 2.20. The molecule has 6 heteroatoms. The largest absolute Gasteiger partial charge is 0.359 e. The maximum Gasteiger partial charge on any atom is 0.158 e. The van der Waals surface area contributed by atoms with E-state index in [2.05, 4.69) is 15.6 Å². The normalized spacial score (nSPS) is 15.2. The smallest absolute Gasteiger partial charge is 0.158 e. The molecule has 2 aromatic rings. The minimum atomic E-state index is 0.564. The highest BCUT2D eigenvalue weighted by molar-refractivity contribution is 6.31. The number of hydrogen-bond donors (Lipinski definition) is 1. The van der Waals surface area contributed by atoms with Gasteiger partial charge < -0.3 is 9.84 Å². The van der Waals surface area contributed by atoms with Crippen LogP contribution in [0, 0.1) is 6.92 Å². The molecule has 2 heterocycles. The molecule has 0 saturated heterocycles. The SMILES string of the molecule is Cc1c(Cl)cnn1Cc1cc(CNC2CC2)no1. The molecular weight excluding hydrogens is 252 g/mol.